The fourth-order valence-electron chi connectivity index (χ4n) is 0. The van der Waals surface area contributed by atoms with Crippen LogP contribution in [0.4, 0.5) is 0 Å². The normalized spacial score (nSPS) is 9.25. The van der Waals surface area contributed by atoms with E-state index in [-0.39, 0.29) is 8.81 Å². The average Bonchev–Trinajstić information content (AvgIpc) is 1.37. The third-order valence-corrected chi connectivity index (χ3v) is 0.474. The molecule has 1 nitrogen and oxygen atoms in total. The van der Waals surface area contributed by atoms with Crippen LogP contribution in [0.1, 0.15) is 0 Å². The van der Waals surface area contributed by atoms with Crippen molar-refractivity contribution >= 4 is 26.1 Å². The second-order valence-electron chi connectivity index (χ2n) is 0.247. The van der Waals surface area contributed by atoms with Crippen LogP contribution in [0.3, 0.4) is 0 Å². The molecule has 0 rings (SSSR count). The Morgan fingerprint density at radius 2 is 2.25 bits per heavy atom. The van der Waals surface area contributed by atoms with Crippen LogP contribution in [0.2, 0.25) is 0 Å². The van der Waals surface area contributed by atoms with Gasteiger partial charge in [-0.3, -0.25) is 0 Å². The molecule has 24 valence electrons. The van der Waals surface area contributed by atoms with Crippen molar-refractivity contribution in [1.29, 1.82) is 0 Å². The van der Waals surface area contributed by atoms with Crippen LogP contribution in [0.25, 0.3) is 0 Å². The lowest BCUT2D eigenvalue weighted by Gasteiger charge is -1.57. The maximum Gasteiger partial charge on any atom is 0.0455 e. The van der Waals surface area contributed by atoms with Gasteiger partial charge in [-0.05, 0) is 0 Å². The van der Waals surface area contributed by atoms with Crippen LogP contribution >= 0.6 is 21.0 Å². The van der Waals surface area contributed by atoms with Crippen molar-refractivity contribution in [3.8, 4) is 0 Å². The first-order valence-corrected chi connectivity index (χ1v) is 2.24. The molecular weight excluding hydrogens is 91.1 g/mol. The maximum absolute atomic E-state index is 7.74. The molecule has 1 N–H and O–H groups in total. The topological polar surface area (TPSA) is 20.2 Å². The highest BCUT2D eigenvalue weighted by molar-refractivity contribution is 7.89. The van der Waals surface area contributed by atoms with Crippen molar-refractivity contribution in [2.24, 2.45) is 0 Å². The van der Waals surface area contributed by atoms with Gasteiger partial charge in [0, 0.05) is 13.9 Å². The van der Waals surface area contributed by atoms with Crippen molar-refractivity contribution in [3.05, 3.63) is 0 Å². The van der Waals surface area contributed by atoms with E-state index in [4.69, 9.17) is 4.89 Å². The van der Waals surface area contributed by atoms with E-state index in [1.165, 1.54) is 5.11 Å². The zero-order valence-corrected chi connectivity index (χ0v) is 3.75. The molecule has 0 aromatic rings. The second-order valence-corrected chi connectivity index (χ2v) is 1.45. The molecule has 1 atom stereocenters. The Kier molecular flexibility index (Phi) is 3.90. The predicted molar refractivity (Wildman–Crippen MR) is 24.2 cm³/mol. The molecule has 0 amide bonds. The standard InChI is InChI=1S/CH3OPS/c2-3-1-4/h1-3H. The highest BCUT2D eigenvalue weighted by Crippen LogP contribution is 1.89. The summed E-state index contributed by atoms with van der Waals surface area (Å²) < 4.78 is 0. The van der Waals surface area contributed by atoms with Gasteiger partial charge in [0.1, 0.15) is 0 Å². The minimum absolute atomic E-state index is 0.170. The molecule has 0 radical (unpaired) electrons. The summed E-state index contributed by atoms with van der Waals surface area (Å²) in [6, 6.07) is 0. The van der Waals surface area contributed by atoms with Crippen molar-refractivity contribution in [3.63, 3.8) is 0 Å². The first-order valence-electron chi connectivity index (χ1n) is 0.748. The van der Waals surface area contributed by atoms with Gasteiger partial charge in [-0.25, -0.2) is 0 Å². The van der Waals surface area contributed by atoms with E-state index in [0.717, 1.165) is 0 Å². The molecule has 0 saturated carbocycles. The van der Waals surface area contributed by atoms with Crippen molar-refractivity contribution in [1.82, 2.24) is 0 Å². The van der Waals surface area contributed by atoms with Gasteiger partial charge in [0.25, 0.3) is 0 Å². The molecule has 0 aliphatic heterocycles. The minimum atomic E-state index is -0.170. The summed E-state index contributed by atoms with van der Waals surface area (Å²) in [5.74, 6) is 0. The van der Waals surface area contributed by atoms with Gasteiger partial charge >= 0.3 is 0 Å². The lowest BCUT2D eigenvalue weighted by molar-refractivity contribution is 0.658. The summed E-state index contributed by atoms with van der Waals surface area (Å²) in [7, 11) is -0.170. The lowest BCUT2D eigenvalue weighted by atomic mass is 11.9. The summed E-state index contributed by atoms with van der Waals surface area (Å²) in [4.78, 5) is 7.74. The quantitative estimate of drug-likeness (QED) is 0.378. The maximum atomic E-state index is 7.74. The summed E-state index contributed by atoms with van der Waals surface area (Å²) in [5, 5.41) is 1.29. The fraction of sp³-hybridized carbons (Fsp3) is 0. The van der Waals surface area contributed by atoms with Gasteiger partial charge in [-0.2, -0.15) is 0 Å². The third-order valence-electron chi connectivity index (χ3n) is 0.0527. The molecule has 0 fully saturated rings. The highest BCUT2D eigenvalue weighted by atomic mass is 32.1. The van der Waals surface area contributed by atoms with Gasteiger partial charge in [0.15, 0.2) is 0 Å². The molecule has 0 aromatic carbocycles. The molecule has 3 heteroatoms. The zero-order valence-electron chi connectivity index (χ0n) is 1.93. The highest BCUT2D eigenvalue weighted by Gasteiger charge is 1.48. The summed E-state index contributed by atoms with van der Waals surface area (Å²) >= 11 is 4.19. The van der Waals surface area contributed by atoms with Gasteiger partial charge in [-0.15, -0.1) is 0 Å². The number of thiocarbonyl (C=S) groups is 1. The fourth-order valence-corrected chi connectivity index (χ4v) is 0. The number of hydrogen-bond acceptors (Lipinski definition) is 2. The number of hydrogen-bond donors (Lipinski definition) is 1. The van der Waals surface area contributed by atoms with Crippen LogP contribution in [0, 0.1) is 0 Å². The van der Waals surface area contributed by atoms with Gasteiger partial charge in [0.2, 0.25) is 0 Å². The number of rotatable bonds is 1. The van der Waals surface area contributed by atoms with Gasteiger partial charge in [-0.1, -0.05) is 12.2 Å². The second kappa shape index (κ2) is 3.48. The van der Waals surface area contributed by atoms with E-state index in [1.807, 2.05) is 0 Å². The Bertz CT molecular complexity index is 22.0. The van der Waals surface area contributed by atoms with Crippen LogP contribution in [0.15, 0.2) is 0 Å². The molecular formula is CH3OPS. The van der Waals surface area contributed by atoms with Gasteiger partial charge in [0.05, 0.1) is 0 Å². The largest absolute Gasteiger partial charge is 0.372 e. The monoisotopic (exact) mass is 94.0 g/mol. The first kappa shape index (κ1) is 4.48. The van der Waals surface area contributed by atoms with E-state index >= 15 is 0 Å². The third kappa shape index (κ3) is 2.48. The molecule has 0 aliphatic carbocycles. The smallest absolute Gasteiger partial charge is 0.0455 e. The average molecular weight is 94.1 g/mol. The van der Waals surface area contributed by atoms with Crippen molar-refractivity contribution in [2.45, 2.75) is 0 Å². The Balaban J connectivity index is 2.30. The Labute approximate surface area is 31.9 Å². The summed E-state index contributed by atoms with van der Waals surface area (Å²) in [5.41, 5.74) is 0. The summed E-state index contributed by atoms with van der Waals surface area (Å²) in [6.07, 6.45) is 0. The Hall–Kier alpha value is 0.480. The Morgan fingerprint density at radius 3 is 2.25 bits per heavy atom. The van der Waals surface area contributed by atoms with E-state index in [1.54, 1.807) is 0 Å². The van der Waals surface area contributed by atoms with Crippen molar-refractivity contribution < 1.29 is 4.89 Å². The van der Waals surface area contributed by atoms with Crippen LogP contribution in [-0.4, -0.2) is 10.0 Å². The molecule has 0 aromatic heterocycles. The molecule has 1 unspecified atom stereocenters. The van der Waals surface area contributed by atoms with E-state index in [2.05, 4.69) is 12.2 Å². The minimum Gasteiger partial charge on any atom is -0.372 e. The molecule has 0 aliphatic rings. The van der Waals surface area contributed by atoms with Crippen molar-refractivity contribution in [2.75, 3.05) is 0 Å². The molecule has 0 saturated heterocycles. The van der Waals surface area contributed by atoms with Crippen LogP contribution in [0.5, 0.6) is 0 Å². The lowest BCUT2D eigenvalue weighted by Crippen LogP contribution is -1.34. The van der Waals surface area contributed by atoms with Gasteiger partial charge < -0.3 is 4.89 Å². The SMILES string of the molecule is OPC=S. The summed E-state index contributed by atoms with van der Waals surface area (Å²) in [6.45, 7) is 0. The van der Waals surface area contributed by atoms with E-state index < -0.39 is 0 Å². The predicted octanol–water partition coefficient (Wildman–Crippen LogP) is 0.529. The van der Waals surface area contributed by atoms with Crippen LogP contribution < -0.4 is 0 Å². The zero-order chi connectivity index (χ0) is 3.41. The molecule has 0 bridgehead atoms. The Morgan fingerprint density at radius 1 is 2.00 bits per heavy atom. The van der Waals surface area contributed by atoms with Crippen LogP contribution in [-0.2, 0) is 0 Å². The molecule has 0 heterocycles. The van der Waals surface area contributed by atoms with E-state index in [9.17, 15) is 0 Å². The molecule has 4 heavy (non-hydrogen) atoms. The molecule has 0 spiro atoms. The first-order chi connectivity index (χ1) is 1.91. The van der Waals surface area contributed by atoms with E-state index in [0.29, 0.717) is 0 Å².